The van der Waals surface area contributed by atoms with Gasteiger partial charge in [-0.05, 0) is 43.0 Å². The number of alkyl halides is 3. The van der Waals surface area contributed by atoms with E-state index < -0.39 is 12.7 Å². The van der Waals surface area contributed by atoms with Gasteiger partial charge in [0.1, 0.15) is 0 Å². The van der Waals surface area contributed by atoms with Crippen LogP contribution in [-0.2, 0) is 6.42 Å². The van der Waals surface area contributed by atoms with Crippen LogP contribution in [0.5, 0.6) is 0 Å². The quantitative estimate of drug-likeness (QED) is 0.317. The standard InChI is InChI=1S/C20H30F3N5O.HI/c1-24-19(26-12-16-8-10-28(13-16)14-20(21,22)23)25-9-7-15-5-4-6-17(11-15)18(29)27(2)3;/h4-6,11,16H,7-10,12-14H2,1-3H3,(H2,24,25,26);1H. The molecule has 0 spiro atoms. The van der Waals surface area contributed by atoms with Crippen molar-refractivity contribution >= 4 is 35.8 Å². The van der Waals surface area contributed by atoms with Gasteiger partial charge in [-0.3, -0.25) is 14.7 Å². The molecule has 6 nitrogen and oxygen atoms in total. The topological polar surface area (TPSA) is 60.0 Å². The van der Waals surface area contributed by atoms with Gasteiger partial charge in [0.25, 0.3) is 5.91 Å². The molecule has 1 saturated heterocycles. The number of hydrogen-bond acceptors (Lipinski definition) is 3. The SMILES string of the molecule is CN=C(NCCc1cccc(C(=O)N(C)C)c1)NCC1CCN(CC(F)(F)F)C1.I. The fraction of sp³-hybridized carbons (Fsp3) is 0.600. The zero-order valence-electron chi connectivity index (χ0n) is 17.6. The Morgan fingerprint density at radius 2 is 2.03 bits per heavy atom. The molecule has 2 N–H and O–H groups in total. The molecule has 1 heterocycles. The molecular weight excluding hydrogens is 510 g/mol. The lowest BCUT2D eigenvalue weighted by Crippen LogP contribution is -2.41. The molecule has 1 aromatic carbocycles. The van der Waals surface area contributed by atoms with Crippen molar-refractivity contribution in [3.63, 3.8) is 0 Å². The molecule has 30 heavy (non-hydrogen) atoms. The van der Waals surface area contributed by atoms with E-state index in [1.165, 1.54) is 4.90 Å². The van der Waals surface area contributed by atoms with Crippen molar-refractivity contribution < 1.29 is 18.0 Å². The normalized spacial score (nSPS) is 17.4. The Kier molecular flexibility index (Phi) is 10.9. The smallest absolute Gasteiger partial charge is 0.356 e. The molecule has 0 radical (unpaired) electrons. The Labute approximate surface area is 193 Å². The van der Waals surface area contributed by atoms with Crippen molar-refractivity contribution in [1.82, 2.24) is 20.4 Å². The minimum absolute atomic E-state index is 0. The summed E-state index contributed by atoms with van der Waals surface area (Å²) in [5, 5.41) is 6.41. The molecule has 1 fully saturated rings. The Morgan fingerprint density at radius 3 is 2.67 bits per heavy atom. The van der Waals surface area contributed by atoms with Gasteiger partial charge in [0.2, 0.25) is 0 Å². The number of amides is 1. The predicted octanol–water partition coefficient (Wildman–Crippen LogP) is 2.60. The summed E-state index contributed by atoms with van der Waals surface area (Å²) in [6, 6.07) is 7.52. The number of halogens is 4. The summed E-state index contributed by atoms with van der Waals surface area (Å²) in [5.41, 5.74) is 1.69. The number of carbonyl (C=O) groups is 1. The number of rotatable bonds is 7. The van der Waals surface area contributed by atoms with E-state index >= 15 is 0 Å². The third-order valence-corrected chi connectivity index (χ3v) is 4.84. The minimum atomic E-state index is -4.14. The van der Waals surface area contributed by atoms with Crippen LogP contribution >= 0.6 is 24.0 Å². The van der Waals surface area contributed by atoms with Crippen molar-refractivity contribution in [1.29, 1.82) is 0 Å². The number of carbonyl (C=O) groups excluding carboxylic acids is 1. The summed E-state index contributed by atoms with van der Waals surface area (Å²) in [5.74, 6) is 0.762. The first-order chi connectivity index (χ1) is 13.7. The highest BCUT2D eigenvalue weighted by Crippen LogP contribution is 2.22. The van der Waals surface area contributed by atoms with E-state index in [2.05, 4.69) is 15.6 Å². The maximum absolute atomic E-state index is 12.5. The second-order valence-electron chi connectivity index (χ2n) is 7.53. The Hall–Kier alpha value is -1.56. The van der Waals surface area contributed by atoms with Crippen molar-refractivity contribution in [3.05, 3.63) is 35.4 Å². The fourth-order valence-corrected chi connectivity index (χ4v) is 3.38. The summed E-state index contributed by atoms with van der Waals surface area (Å²) in [6.07, 6.45) is -2.68. The fourth-order valence-electron chi connectivity index (χ4n) is 3.38. The molecule has 0 aliphatic carbocycles. The number of hydrogen-bond donors (Lipinski definition) is 2. The van der Waals surface area contributed by atoms with Gasteiger partial charge >= 0.3 is 6.18 Å². The van der Waals surface area contributed by atoms with Gasteiger partial charge in [0.15, 0.2) is 5.96 Å². The van der Waals surface area contributed by atoms with Gasteiger partial charge < -0.3 is 15.5 Å². The molecular formula is C20H31F3IN5O. The minimum Gasteiger partial charge on any atom is -0.356 e. The van der Waals surface area contributed by atoms with E-state index in [1.807, 2.05) is 18.2 Å². The van der Waals surface area contributed by atoms with Crippen molar-refractivity contribution in [2.75, 3.05) is 53.9 Å². The van der Waals surface area contributed by atoms with E-state index in [4.69, 9.17) is 0 Å². The third-order valence-electron chi connectivity index (χ3n) is 4.84. The number of nitrogens with one attached hydrogen (secondary N) is 2. The van der Waals surface area contributed by atoms with Gasteiger partial charge in [-0.2, -0.15) is 13.2 Å². The number of nitrogens with zero attached hydrogens (tertiary/aromatic N) is 3. The van der Waals surface area contributed by atoms with E-state index in [0.29, 0.717) is 37.7 Å². The predicted molar refractivity (Wildman–Crippen MR) is 124 cm³/mol. The molecule has 1 aliphatic heterocycles. The van der Waals surface area contributed by atoms with E-state index in [-0.39, 0.29) is 35.8 Å². The molecule has 1 aliphatic rings. The summed E-state index contributed by atoms with van der Waals surface area (Å²) in [7, 11) is 5.11. The van der Waals surface area contributed by atoms with E-state index in [1.54, 1.807) is 32.1 Å². The monoisotopic (exact) mass is 541 g/mol. The zero-order valence-corrected chi connectivity index (χ0v) is 20.0. The number of aliphatic imine (C=N–C) groups is 1. The van der Waals surface area contributed by atoms with Crippen molar-refractivity contribution in [2.24, 2.45) is 10.9 Å². The molecule has 0 saturated carbocycles. The number of likely N-dealkylation sites (tertiary alicyclic amines) is 1. The summed E-state index contributed by atoms with van der Waals surface area (Å²) < 4.78 is 37.5. The van der Waals surface area contributed by atoms with Gasteiger partial charge in [0.05, 0.1) is 6.54 Å². The Bertz CT molecular complexity index is 712. The first-order valence-electron chi connectivity index (χ1n) is 9.72. The maximum atomic E-state index is 12.5. The maximum Gasteiger partial charge on any atom is 0.401 e. The highest BCUT2D eigenvalue weighted by Gasteiger charge is 2.34. The van der Waals surface area contributed by atoms with Gasteiger partial charge in [-0.1, -0.05) is 12.1 Å². The molecule has 1 unspecified atom stereocenters. The van der Waals surface area contributed by atoms with Crippen molar-refractivity contribution in [2.45, 2.75) is 19.0 Å². The van der Waals surface area contributed by atoms with Crippen LogP contribution < -0.4 is 10.6 Å². The summed E-state index contributed by atoms with van der Waals surface area (Å²) in [6.45, 7) is 1.28. The van der Waals surface area contributed by atoms with Crippen LogP contribution in [0.25, 0.3) is 0 Å². The molecule has 170 valence electrons. The highest BCUT2D eigenvalue weighted by atomic mass is 127. The van der Waals surface area contributed by atoms with Crippen LogP contribution in [0.4, 0.5) is 13.2 Å². The summed E-state index contributed by atoms with van der Waals surface area (Å²) >= 11 is 0. The molecule has 1 aromatic rings. The molecule has 10 heteroatoms. The van der Waals surface area contributed by atoms with E-state index in [9.17, 15) is 18.0 Å². The van der Waals surface area contributed by atoms with Crippen LogP contribution in [0.3, 0.4) is 0 Å². The lowest BCUT2D eigenvalue weighted by atomic mass is 10.1. The average Bonchev–Trinajstić information content (AvgIpc) is 3.09. The summed E-state index contributed by atoms with van der Waals surface area (Å²) in [4.78, 5) is 19.2. The van der Waals surface area contributed by atoms with Gasteiger partial charge in [0, 0.05) is 46.3 Å². The largest absolute Gasteiger partial charge is 0.401 e. The average molecular weight is 541 g/mol. The molecule has 2 rings (SSSR count). The second kappa shape index (κ2) is 12.3. The number of guanidine groups is 1. The van der Waals surface area contributed by atoms with Gasteiger partial charge in [-0.15, -0.1) is 24.0 Å². The highest BCUT2D eigenvalue weighted by molar-refractivity contribution is 14.0. The molecule has 1 amide bonds. The Morgan fingerprint density at radius 1 is 1.30 bits per heavy atom. The van der Waals surface area contributed by atoms with E-state index in [0.717, 1.165) is 18.4 Å². The van der Waals surface area contributed by atoms with Gasteiger partial charge in [-0.25, -0.2) is 0 Å². The molecule has 0 aromatic heterocycles. The first kappa shape index (κ1) is 26.5. The lowest BCUT2D eigenvalue weighted by Gasteiger charge is -2.18. The van der Waals surface area contributed by atoms with Crippen molar-refractivity contribution in [3.8, 4) is 0 Å². The Balaban J connectivity index is 0.00000450. The van der Waals surface area contributed by atoms with Crippen LogP contribution in [0.2, 0.25) is 0 Å². The molecule has 0 bridgehead atoms. The first-order valence-corrected chi connectivity index (χ1v) is 9.72. The lowest BCUT2D eigenvalue weighted by molar-refractivity contribution is -0.143. The second-order valence-corrected chi connectivity index (χ2v) is 7.53. The van der Waals surface area contributed by atoms with Crippen LogP contribution in [0, 0.1) is 5.92 Å². The van der Waals surface area contributed by atoms with Crippen LogP contribution in [-0.4, -0.2) is 81.7 Å². The van der Waals surface area contributed by atoms with Crippen LogP contribution in [0.1, 0.15) is 22.3 Å². The number of benzene rings is 1. The zero-order chi connectivity index (χ0) is 21.4. The third kappa shape index (κ3) is 9.07. The van der Waals surface area contributed by atoms with Crippen LogP contribution in [0.15, 0.2) is 29.3 Å². The molecule has 1 atom stereocenters.